The first-order valence-electron chi connectivity index (χ1n) is 18.6. The van der Waals surface area contributed by atoms with Crippen molar-refractivity contribution in [1.29, 1.82) is 0 Å². The molecule has 10 aromatic rings. The van der Waals surface area contributed by atoms with Crippen LogP contribution in [0.25, 0.3) is 106 Å². The Bertz CT molecular complexity index is 3070. The first-order chi connectivity index (χ1) is 27.2. The Hall–Kier alpha value is -7.43. The zero-order chi connectivity index (χ0) is 36.3. The number of fused-ring (bicyclic) bond motifs is 17. The fourth-order valence-corrected chi connectivity index (χ4v) is 8.08. The summed E-state index contributed by atoms with van der Waals surface area (Å²) in [5.74, 6) is 1.81. The van der Waals surface area contributed by atoms with Crippen molar-refractivity contribution in [1.82, 2.24) is 19.5 Å². The summed E-state index contributed by atoms with van der Waals surface area (Å²) in [4.78, 5) is 15.8. The van der Waals surface area contributed by atoms with Crippen LogP contribution < -0.4 is 0 Å². The second kappa shape index (κ2) is 12.6. The smallest absolute Gasteiger partial charge is 0.238 e. The molecule has 1 aliphatic rings. The molecule has 0 fully saturated rings. The van der Waals surface area contributed by atoms with Gasteiger partial charge in [-0.15, -0.1) is 0 Å². The maximum Gasteiger partial charge on any atom is 0.238 e. The highest BCUT2D eigenvalue weighted by Crippen LogP contribution is 2.41. The second-order valence-corrected chi connectivity index (χ2v) is 14.1. The largest absolute Gasteiger partial charge is 0.278 e. The van der Waals surface area contributed by atoms with Gasteiger partial charge in [0.2, 0.25) is 5.95 Å². The summed E-state index contributed by atoms with van der Waals surface area (Å²) < 4.78 is 2.23. The monoisotopic (exact) mass is 700 g/mol. The Morgan fingerprint density at radius 1 is 0.291 bits per heavy atom. The standard InChI is InChI=1S/C51H32N4/c1-3-11-33(12-4-1)34-23-25-36(26-24-34)49-52-50-43-20-9-19-41(31-43)39-17-7-15-37(29-39)38-16-8-18-40(30-38)42-27-28-45-47(32-42)55(51(53-49)54-50)46-22-10-21-44(48(45)46)35-13-5-2-6-14-35/h1-32H. The second-order valence-electron chi connectivity index (χ2n) is 14.1. The van der Waals surface area contributed by atoms with E-state index in [2.05, 4.69) is 193 Å². The molecular formula is C51H32N4. The van der Waals surface area contributed by atoms with Crippen molar-refractivity contribution in [3.63, 3.8) is 0 Å². The predicted molar refractivity (Wildman–Crippen MR) is 226 cm³/mol. The van der Waals surface area contributed by atoms with Crippen molar-refractivity contribution in [3.8, 4) is 84.4 Å². The summed E-state index contributed by atoms with van der Waals surface area (Å²) in [6.45, 7) is 0. The maximum atomic E-state index is 5.33. The Balaban J connectivity index is 1.23. The molecule has 1 aliphatic heterocycles. The van der Waals surface area contributed by atoms with Crippen LogP contribution in [0.4, 0.5) is 0 Å². The van der Waals surface area contributed by atoms with Gasteiger partial charge in [-0.05, 0) is 86.0 Å². The van der Waals surface area contributed by atoms with Crippen molar-refractivity contribution in [2.24, 2.45) is 0 Å². The SMILES string of the molecule is c1ccc(-c2ccc(-c3nc4nc(n3)-n3c5cc(ccc5c5c(-c6ccccc6)cccc53)-c3cccc(c3)-c3cccc(c3)-c3cccc-4c3)cc2)cc1. The molecule has 0 saturated heterocycles. The number of hydrogen-bond donors (Lipinski definition) is 0. The minimum atomic E-state index is 0.572. The molecule has 0 N–H and O–H groups in total. The van der Waals surface area contributed by atoms with Crippen LogP contribution in [-0.4, -0.2) is 19.5 Å². The van der Waals surface area contributed by atoms with Crippen molar-refractivity contribution < 1.29 is 0 Å². The van der Waals surface area contributed by atoms with E-state index in [4.69, 9.17) is 15.0 Å². The third-order valence-electron chi connectivity index (χ3n) is 10.8. The molecule has 10 bridgehead atoms. The van der Waals surface area contributed by atoms with E-state index in [1.54, 1.807) is 0 Å². The van der Waals surface area contributed by atoms with Crippen molar-refractivity contribution in [2.45, 2.75) is 0 Å². The van der Waals surface area contributed by atoms with Crippen LogP contribution in [0.5, 0.6) is 0 Å². The number of aromatic nitrogens is 4. The molecule has 4 heteroatoms. The highest BCUT2D eigenvalue weighted by molar-refractivity contribution is 6.16. The molecule has 0 aliphatic carbocycles. The third kappa shape index (κ3) is 5.34. The molecule has 8 aromatic carbocycles. The predicted octanol–water partition coefficient (Wildman–Crippen LogP) is 13.0. The Kier molecular flexibility index (Phi) is 7.14. The van der Waals surface area contributed by atoms with E-state index in [1.165, 1.54) is 22.3 Å². The molecule has 0 unspecified atom stereocenters. The number of benzene rings is 8. The van der Waals surface area contributed by atoms with Gasteiger partial charge in [0.25, 0.3) is 0 Å². The fourth-order valence-electron chi connectivity index (χ4n) is 8.08. The minimum absolute atomic E-state index is 0.572. The summed E-state index contributed by atoms with van der Waals surface area (Å²) in [5.41, 5.74) is 15.4. The fraction of sp³-hybridized carbons (Fsp3) is 0. The van der Waals surface area contributed by atoms with Gasteiger partial charge in [0.1, 0.15) is 0 Å². The summed E-state index contributed by atoms with van der Waals surface area (Å²) >= 11 is 0. The summed E-state index contributed by atoms with van der Waals surface area (Å²) in [6.07, 6.45) is 0. The average molecular weight is 701 g/mol. The zero-order valence-corrected chi connectivity index (χ0v) is 29.8. The normalized spacial score (nSPS) is 11.6. The molecular weight excluding hydrogens is 669 g/mol. The molecule has 55 heavy (non-hydrogen) atoms. The van der Waals surface area contributed by atoms with Crippen LogP contribution in [0.3, 0.4) is 0 Å². The third-order valence-corrected chi connectivity index (χ3v) is 10.8. The lowest BCUT2D eigenvalue weighted by atomic mass is 9.95. The molecule has 0 spiro atoms. The van der Waals surface area contributed by atoms with E-state index in [0.717, 1.165) is 66.3 Å². The van der Waals surface area contributed by atoms with Gasteiger partial charge in [-0.3, -0.25) is 4.57 Å². The molecule has 0 saturated carbocycles. The van der Waals surface area contributed by atoms with Crippen LogP contribution in [0.1, 0.15) is 0 Å². The quantitative estimate of drug-likeness (QED) is 0.184. The first-order valence-corrected chi connectivity index (χ1v) is 18.6. The van der Waals surface area contributed by atoms with E-state index in [-0.39, 0.29) is 0 Å². The number of hydrogen-bond acceptors (Lipinski definition) is 3. The van der Waals surface area contributed by atoms with E-state index >= 15 is 0 Å². The topological polar surface area (TPSA) is 43.6 Å². The van der Waals surface area contributed by atoms with E-state index < -0.39 is 0 Å². The van der Waals surface area contributed by atoms with Gasteiger partial charge in [0.05, 0.1) is 11.0 Å². The van der Waals surface area contributed by atoms with Gasteiger partial charge >= 0.3 is 0 Å². The summed E-state index contributed by atoms with van der Waals surface area (Å²) in [7, 11) is 0. The van der Waals surface area contributed by atoms with Gasteiger partial charge in [0.15, 0.2) is 11.6 Å². The highest BCUT2D eigenvalue weighted by atomic mass is 15.2. The Morgan fingerprint density at radius 2 is 0.745 bits per heavy atom. The molecule has 0 radical (unpaired) electrons. The molecule has 3 heterocycles. The van der Waals surface area contributed by atoms with Gasteiger partial charge in [-0.25, -0.2) is 4.98 Å². The van der Waals surface area contributed by atoms with Gasteiger partial charge in [-0.2, -0.15) is 9.97 Å². The zero-order valence-electron chi connectivity index (χ0n) is 29.8. The molecule has 4 nitrogen and oxygen atoms in total. The van der Waals surface area contributed by atoms with Crippen LogP contribution >= 0.6 is 0 Å². The molecule has 256 valence electrons. The number of nitrogens with zero attached hydrogens (tertiary/aromatic N) is 4. The number of rotatable bonds is 3. The van der Waals surface area contributed by atoms with Crippen LogP contribution in [0.2, 0.25) is 0 Å². The highest BCUT2D eigenvalue weighted by Gasteiger charge is 2.21. The molecule has 2 aromatic heterocycles. The lowest BCUT2D eigenvalue weighted by molar-refractivity contribution is 0.953. The first kappa shape index (κ1) is 31.1. The lowest BCUT2D eigenvalue weighted by Gasteiger charge is -2.13. The Labute approximate surface area is 318 Å². The lowest BCUT2D eigenvalue weighted by Crippen LogP contribution is -2.06. The van der Waals surface area contributed by atoms with E-state index in [1.807, 2.05) is 6.07 Å². The Morgan fingerprint density at radius 3 is 1.38 bits per heavy atom. The minimum Gasteiger partial charge on any atom is -0.278 e. The van der Waals surface area contributed by atoms with Crippen molar-refractivity contribution >= 4 is 21.8 Å². The summed E-state index contributed by atoms with van der Waals surface area (Å²) in [5, 5.41) is 2.30. The van der Waals surface area contributed by atoms with Gasteiger partial charge < -0.3 is 0 Å². The van der Waals surface area contributed by atoms with Crippen molar-refractivity contribution in [3.05, 3.63) is 194 Å². The van der Waals surface area contributed by atoms with E-state index in [9.17, 15) is 0 Å². The van der Waals surface area contributed by atoms with Crippen LogP contribution in [-0.2, 0) is 0 Å². The van der Waals surface area contributed by atoms with E-state index in [0.29, 0.717) is 17.6 Å². The van der Waals surface area contributed by atoms with Crippen molar-refractivity contribution in [2.75, 3.05) is 0 Å². The molecule has 0 atom stereocenters. The van der Waals surface area contributed by atoms with Gasteiger partial charge in [-0.1, -0.05) is 164 Å². The van der Waals surface area contributed by atoms with Crippen LogP contribution in [0.15, 0.2) is 194 Å². The summed E-state index contributed by atoms with van der Waals surface area (Å²) in [6, 6.07) is 69.1. The molecule has 11 rings (SSSR count). The molecule has 0 amide bonds. The van der Waals surface area contributed by atoms with Crippen LogP contribution in [0, 0.1) is 0 Å². The maximum absolute atomic E-state index is 5.33. The average Bonchev–Trinajstić information content (AvgIpc) is 3.61. The van der Waals surface area contributed by atoms with Gasteiger partial charge in [0, 0.05) is 21.9 Å².